The van der Waals surface area contributed by atoms with Gasteiger partial charge in [0.15, 0.2) is 0 Å². The summed E-state index contributed by atoms with van der Waals surface area (Å²) in [5.74, 6) is 0.736. The highest BCUT2D eigenvalue weighted by molar-refractivity contribution is 7.80. The first-order valence-corrected chi connectivity index (χ1v) is 8.18. The molecule has 0 aromatic heterocycles. The van der Waals surface area contributed by atoms with Crippen molar-refractivity contribution in [2.24, 2.45) is 17.1 Å². The molecule has 0 aromatic rings. The number of likely N-dealkylation sites (N-methyl/N-ethyl adjacent to an activating group) is 1. The zero-order valence-electron chi connectivity index (χ0n) is 12.9. The summed E-state index contributed by atoms with van der Waals surface area (Å²) in [6.45, 7) is 10.3. The molecule has 2 fully saturated rings. The summed E-state index contributed by atoms with van der Waals surface area (Å²) in [4.78, 5) is 17.6. The van der Waals surface area contributed by atoms with Gasteiger partial charge in [-0.3, -0.25) is 9.69 Å². The van der Waals surface area contributed by atoms with E-state index in [2.05, 4.69) is 25.7 Å². The fourth-order valence-corrected chi connectivity index (χ4v) is 4.13. The molecule has 2 aliphatic rings. The van der Waals surface area contributed by atoms with Gasteiger partial charge in [0, 0.05) is 19.1 Å². The van der Waals surface area contributed by atoms with Gasteiger partial charge in [0.1, 0.15) is 0 Å². The van der Waals surface area contributed by atoms with Crippen molar-refractivity contribution in [2.45, 2.75) is 46.1 Å². The fourth-order valence-electron chi connectivity index (χ4n) is 3.88. The molecule has 2 rings (SSSR count). The SMILES string of the molecule is CCN(CC)C1CCN(C(=O)C2(C(N)=S)CC(C)C2)C1. The third-order valence-electron chi connectivity index (χ3n) is 5.05. The number of rotatable bonds is 5. The normalized spacial score (nSPS) is 33.3. The molecule has 1 amide bonds. The summed E-state index contributed by atoms with van der Waals surface area (Å²) in [6, 6.07) is 0.495. The fraction of sp³-hybridized carbons (Fsp3) is 0.867. The first-order valence-electron chi connectivity index (χ1n) is 7.78. The largest absolute Gasteiger partial charge is 0.392 e. The van der Waals surface area contributed by atoms with Gasteiger partial charge in [-0.15, -0.1) is 0 Å². The van der Waals surface area contributed by atoms with Crippen molar-refractivity contribution in [3.63, 3.8) is 0 Å². The van der Waals surface area contributed by atoms with Crippen LogP contribution in [0.4, 0.5) is 0 Å². The monoisotopic (exact) mass is 297 g/mol. The predicted molar refractivity (Wildman–Crippen MR) is 85.5 cm³/mol. The molecule has 20 heavy (non-hydrogen) atoms. The second kappa shape index (κ2) is 5.98. The van der Waals surface area contributed by atoms with Crippen LogP contribution in [-0.4, -0.2) is 52.9 Å². The van der Waals surface area contributed by atoms with E-state index < -0.39 is 5.41 Å². The lowest BCUT2D eigenvalue weighted by molar-refractivity contribution is -0.143. The van der Waals surface area contributed by atoms with Crippen molar-refractivity contribution in [3.05, 3.63) is 0 Å². The Morgan fingerprint density at radius 2 is 2.00 bits per heavy atom. The van der Waals surface area contributed by atoms with Crippen LogP contribution in [0.5, 0.6) is 0 Å². The van der Waals surface area contributed by atoms with Gasteiger partial charge in [0.2, 0.25) is 5.91 Å². The van der Waals surface area contributed by atoms with Crippen molar-refractivity contribution in [3.8, 4) is 0 Å². The first-order chi connectivity index (χ1) is 9.44. The summed E-state index contributed by atoms with van der Waals surface area (Å²) < 4.78 is 0. The van der Waals surface area contributed by atoms with E-state index in [9.17, 15) is 4.79 Å². The van der Waals surface area contributed by atoms with E-state index in [0.717, 1.165) is 45.4 Å². The van der Waals surface area contributed by atoms with Crippen LogP contribution in [0, 0.1) is 11.3 Å². The average molecular weight is 297 g/mol. The molecule has 1 saturated heterocycles. The summed E-state index contributed by atoms with van der Waals surface area (Å²) in [5, 5.41) is 0. The molecule has 1 saturated carbocycles. The van der Waals surface area contributed by atoms with Gasteiger partial charge in [-0.25, -0.2) is 0 Å². The Bertz CT molecular complexity index is 389. The summed E-state index contributed by atoms with van der Waals surface area (Å²) in [5.41, 5.74) is 5.35. The maximum Gasteiger partial charge on any atom is 0.235 e. The molecule has 2 N–H and O–H groups in total. The molecule has 1 atom stereocenters. The van der Waals surface area contributed by atoms with Crippen LogP contribution in [0.3, 0.4) is 0 Å². The summed E-state index contributed by atoms with van der Waals surface area (Å²) >= 11 is 5.19. The van der Waals surface area contributed by atoms with Crippen molar-refractivity contribution < 1.29 is 4.79 Å². The van der Waals surface area contributed by atoms with Gasteiger partial charge >= 0.3 is 0 Å². The third kappa shape index (κ3) is 2.58. The lowest BCUT2D eigenvalue weighted by Gasteiger charge is -2.46. The maximum absolute atomic E-state index is 12.8. The van der Waals surface area contributed by atoms with Crippen LogP contribution < -0.4 is 5.73 Å². The van der Waals surface area contributed by atoms with Crippen molar-refractivity contribution in [2.75, 3.05) is 26.2 Å². The molecule has 0 bridgehead atoms. The number of thiocarbonyl (C=S) groups is 1. The molecule has 114 valence electrons. The quantitative estimate of drug-likeness (QED) is 0.784. The molecular weight excluding hydrogens is 270 g/mol. The highest BCUT2D eigenvalue weighted by Gasteiger charge is 2.53. The highest BCUT2D eigenvalue weighted by Crippen LogP contribution is 2.47. The van der Waals surface area contributed by atoms with Gasteiger partial charge in [0.25, 0.3) is 0 Å². The van der Waals surface area contributed by atoms with Gasteiger partial charge in [0.05, 0.1) is 10.4 Å². The van der Waals surface area contributed by atoms with Crippen LogP contribution in [0.15, 0.2) is 0 Å². The topological polar surface area (TPSA) is 49.6 Å². The van der Waals surface area contributed by atoms with Gasteiger partial charge in [-0.2, -0.15) is 0 Å². The van der Waals surface area contributed by atoms with E-state index >= 15 is 0 Å². The van der Waals surface area contributed by atoms with E-state index in [4.69, 9.17) is 18.0 Å². The number of carbonyl (C=O) groups excluding carboxylic acids is 1. The summed E-state index contributed by atoms with van der Waals surface area (Å²) in [7, 11) is 0. The molecular formula is C15H27N3OS. The van der Waals surface area contributed by atoms with Crippen molar-refractivity contribution >= 4 is 23.1 Å². The number of carbonyl (C=O) groups is 1. The van der Waals surface area contributed by atoms with E-state index in [1.807, 2.05) is 4.90 Å². The third-order valence-corrected chi connectivity index (χ3v) is 5.44. The van der Waals surface area contributed by atoms with Crippen molar-refractivity contribution in [1.29, 1.82) is 0 Å². The molecule has 1 aliphatic heterocycles. The van der Waals surface area contributed by atoms with E-state index in [-0.39, 0.29) is 5.91 Å². The number of hydrogen-bond acceptors (Lipinski definition) is 3. The van der Waals surface area contributed by atoms with Crippen LogP contribution in [0.25, 0.3) is 0 Å². The van der Waals surface area contributed by atoms with Gasteiger partial charge < -0.3 is 10.6 Å². The van der Waals surface area contributed by atoms with Crippen LogP contribution >= 0.6 is 12.2 Å². The molecule has 4 nitrogen and oxygen atoms in total. The molecule has 0 spiro atoms. The van der Waals surface area contributed by atoms with Crippen LogP contribution in [-0.2, 0) is 4.79 Å². The van der Waals surface area contributed by atoms with Crippen molar-refractivity contribution in [1.82, 2.24) is 9.80 Å². The van der Waals surface area contributed by atoms with Crippen LogP contribution in [0.1, 0.15) is 40.0 Å². The predicted octanol–water partition coefficient (Wildman–Crippen LogP) is 1.63. The minimum atomic E-state index is -0.535. The first kappa shape index (κ1) is 15.7. The lowest BCUT2D eigenvalue weighted by Crippen LogP contribution is -2.57. The van der Waals surface area contributed by atoms with E-state index in [0.29, 0.717) is 16.9 Å². The second-order valence-electron chi connectivity index (χ2n) is 6.37. The Kier molecular flexibility index (Phi) is 4.69. The Hall–Kier alpha value is -0.680. The van der Waals surface area contributed by atoms with E-state index in [1.165, 1.54) is 0 Å². The van der Waals surface area contributed by atoms with E-state index in [1.54, 1.807) is 0 Å². The van der Waals surface area contributed by atoms with Gasteiger partial charge in [-0.1, -0.05) is 33.0 Å². The molecule has 0 aromatic carbocycles. The summed E-state index contributed by atoms with van der Waals surface area (Å²) in [6.07, 6.45) is 2.72. The number of nitrogens with zero attached hydrogens (tertiary/aromatic N) is 2. The number of hydrogen-bond donors (Lipinski definition) is 1. The number of amides is 1. The Morgan fingerprint density at radius 1 is 1.40 bits per heavy atom. The molecule has 0 radical (unpaired) electrons. The standard InChI is InChI=1S/C15H27N3OS/c1-4-17(5-2)12-6-7-18(10-12)14(19)15(13(16)20)8-11(3)9-15/h11-12H,4-10H2,1-3H3,(H2,16,20). The Labute approximate surface area is 127 Å². The average Bonchev–Trinajstić information content (AvgIpc) is 2.84. The Balaban J connectivity index is 2.02. The maximum atomic E-state index is 12.8. The molecule has 1 aliphatic carbocycles. The number of nitrogens with two attached hydrogens (primary N) is 1. The number of likely N-dealkylation sites (tertiary alicyclic amines) is 1. The minimum Gasteiger partial charge on any atom is -0.392 e. The smallest absolute Gasteiger partial charge is 0.235 e. The highest BCUT2D eigenvalue weighted by atomic mass is 32.1. The lowest BCUT2D eigenvalue weighted by atomic mass is 9.61. The second-order valence-corrected chi connectivity index (χ2v) is 6.81. The molecule has 5 heteroatoms. The van der Waals surface area contributed by atoms with Gasteiger partial charge in [-0.05, 0) is 38.3 Å². The molecule has 1 unspecified atom stereocenters. The van der Waals surface area contributed by atoms with Crippen LogP contribution in [0.2, 0.25) is 0 Å². The minimum absolute atomic E-state index is 0.178. The Morgan fingerprint density at radius 3 is 2.45 bits per heavy atom. The zero-order valence-corrected chi connectivity index (χ0v) is 13.7. The zero-order chi connectivity index (χ0) is 14.9. The molecule has 1 heterocycles.